The summed E-state index contributed by atoms with van der Waals surface area (Å²) in [6.45, 7) is 0. The molecule has 4 aromatic rings. The van der Waals surface area contributed by atoms with Gasteiger partial charge in [-0.15, -0.1) is 22.7 Å². The topological polar surface area (TPSA) is 18.5 Å². The van der Waals surface area contributed by atoms with Crippen LogP contribution in [0.2, 0.25) is 0 Å². The first-order valence-electron chi connectivity index (χ1n) is 6.27. The number of thiophene rings is 2. The maximum Gasteiger partial charge on any atom is 0.120 e. The highest BCUT2D eigenvalue weighted by molar-refractivity contribution is 7.36. The monoisotopic (exact) mass is 300 g/mol. The Morgan fingerprint density at radius 1 is 0.700 bits per heavy atom. The number of methoxy groups -OCH3 is 2. The van der Waals surface area contributed by atoms with Crippen molar-refractivity contribution < 1.29 is 9.47 Å². The lowest BCUT2D eigenvalue weighted by molar-refractivity contribution is 0.415. The van der Waals surface area contributed by atoms with Crippen LogP contribution in [0.4, 0.5) is 0 Å². The third-order valence-electron chi connectivity index (χ3n) is 3.50. The molecule has 0 amide bonds. The largest absolute Gasteiger partial charge is 0.497 e. The number of ether oxygens (including phenoxy) is 2. The van der Waals surface area contributed by atoms with Crippen molar-refractivity contribution in [3.8, 4) is 11.5 Å². The second kappa shape index (κ2) is 4.36. The van der Waals surface area contributed by atoms with E-state index in [1.165, 1.54) is 29.6 Å². The van der Waals surface area contributed by atoms with Gasteiger partial charge in [0, 0.05) is 20.2 Å². The number of rotatable bonds is 2. The molecule has 0 atom stereocenters. The third-order valence-corrected chi connectivity index (χ3v) is 6.00. The minimum absolute atomic E-state index is 0.914. The lowest BCUT2D eigenvalue weighted by atomic mass is 10.2. The van der Waals surface area contributed by atoms with Crippen LogP contribution in [0.3, 0.4) is 0 Å². The highest BCUT2D eigenvalue weighted by atomic mass is 32.1. The number of hydrogen-bond acceptors (Lipinski definition) is 4. The first kappa shape index (κ1) is 12.0. The molecule has 2 heterocycles. The van der Waals surface area contributed by atoms with E-state index in [0.717, 1.165) is 11.5 Å². The molecule has 0 N–H and O–H groups in total. The summed E-state index contributed by atoms with van der Waals surface area (Å²) in [6, 6.07) is 12.6. The summed E-state index contributed by atoms with van der Waals surface area (Å²) < 4.78 is 15.9. The van der Waals surface area contributed by atoms with E-state index in [-0.39, 0.29) is 0 Å². The van der Waals surface area contributed by atoms with Gasteiger partial charge in [0.25, 0.3) is 0 Å². The second-order valence-electron chi connectivity index (χ2n) is 4.59. The van der Waals surface area contributed by atoms with Crippen LogP contribution >= 0.6 is 22.7 Å². The van der Waals surface area contributed by atoms with E-state index in [1.54, 1.807) is 14.2 Å². The van der Waals surface area contributed by atoms with Gasteiger partial charge >= 0.3 is 0 Å². The van der Waals surface area contributed by atoms with Crippen LogP contribution in [-0.2, 0) is 0 Å². The van der Waals surface area contributed by atoms with Crippen molar-refractivity contribution in [2.24, 2.45) is 0 Å². The summed E-state index contributed by atoms with van der Waals surface area (Å²) in [7, 11) is 3.41. The van der Waals surface area contributed by atoms with Crippen LogP contribution < -0.4 is 9.47 Å². The Balaban J connectivity index is 2.08. The molecule has 0 unspecified atom stereocenters. The van der Waals surface area contributed by atoms with Gasteiger partial charge in [0.15, 0.2) is 0 Å². The first-order chi connectivity index (χ1) is 9.80. The quantitative estimate of drug-likeness (QED) is 0.501. The predicted molar refractivity (Wildman–Crippen MR) is 87.8 cm³/mol. The van der Waals surface area contributed by atoms with Gasteiger partial charge in [-0.2, -0.15) is 0 Å². The molecule has 100 valence electrons. The van der Waals surface area contributed by atoms with Crippen LogP contribution in [0.5, 0.6) is 11.5 Å². The minimum atomic E-state index is 0.914. The fourth-order valence-corrected chi connectivity index (χ4v) is 5.18. The van der Waals surface area contributed by atoms with Gasteiger partial charge in [0.05, 0.1) is 23.6 Å². The van der Waals surface area contributed by atoms with Crippen LogP contribution in [0, 0.1) is 0 Å². The fourth-order valence-electron chi connectivity index (χ4n) is 2.47. The molecule has 0 fully saturated rings. The summed E-state index contributed by atoms with van der Waals surface area (Å²) in [5.74, 6) is 1.83. The van der Waals surface area contributed by atoms with Gasteiger partial charge in [0.1, 0.15) is 11.5 Å². The molecule has 2 nitrogen and oxygen atoms in total. The Kier molecular flexibility index (Phi) is 2.62. The van der Waals surface area contributed by atoms with Crippen LogP contribution in [0.15, 0.2) is 36.4 Å². The van der Waals surface area contributed by atoms with E-state index in [1.807, 2.05) is 34.8 Å². The van der Waals surface area contributed by atoms with Crippen LogP contribution in [0.1, 0.15) is 0 Å². The average Bonchev–Trinajstić information content (AvgIpc) is 3.01. The number of benzene rings is 2. The zero-order valence-electron chi connectivity index (χ0n) is 11.1. The normalized spacial score (nSPS) is 11.5. The maximum atomic E-state index is 5.31. The third kappa shape index (κ3) is 1.62. The van der Waals surface area contributed by atoms with Crippen molar-refractivity contribution in [2.75, 3.05) is 14.2 Å². The molecule has 4 heteroatoms. The number of hydrogen-bond donors (Lipinski definition) is 0. The molecule has 0 radical (unpaired) electrons. The highest BCUT2D eigenvalue weighted by Crippen LogP contribution is 2.45. The van der Waals surface area contributed by atoms with E-state index in [4.69, 9.17) is 9.47 Å². The van der Waals surface area contributed by atoms with Gasteiger partial charge in [-0.3, -0.25) is 0 Å². The van der Waals surface area contributed by atoms with Crippen LogP contribution in [0.25, 0.3) is 29.6 Å². The van der Waals surface area contributed by atoms with Gasteiger partial charge in [-0.05, 0) is 36.4 Å². The Hall–Kier alpha value is -1.78. The molecule has 2 aromatic carbocycles. The molecular weight excluding hydrogens is 288 g/mol. The molecule has 0 aliphatic heterocycles. The molecule has 20 heavy (non-hydrogen) atoms. The average molecular weight is 300 g/mol. The summed E-state index contributed by atoms with van der Waals surface area (Å²) >= 11 is 3.66. The maximum absolute atomic E-state index is 5.31. The smallest absolute Gasteiger partial charge is 0.120 e. The van der Waals surface area contributed by atoms with Crippen LogP contribution in [-0.4, -0.2) is 14.2 Å². The lowest BCUT2D eigenvalue weighted by Crippen LogP contribution is -1.80. The molecule has 0 saturated heterocycles. The van der Waals surface area contributed by atoms with Gasteiger partial charge in [-0.25, -0.2) is 0 Å². The molecule has 0 saturated carbocycles. The van der Waals surface area contributed by atoms with Crippen molar-refractivity contribution in [2.45, 2.75) is 0 Å². The Morgan fingerprint density at radius 2 is 1.15 bits per heavy atom. The van der Waals surface area contributed by atoms with E-state index >= 15 is 0 Å². The van der Waals surface area contributed by atoms with Gasteiger partial charge < -0.3 is 9.47 Å². The van der Waals surface area contributed by atoms with Crippen molar-refractivity contribution >= 4 is 52.2 Å². The van der Waals surface area contributed by atoms with Crippen molar-refractivity contribution in [1.29, 1.82) is 0 Å². The fraction of sp³-hybridized carbons (Fsp3) is 0.125. The Morgan fingerprint density at radius 3 is 1.55 bits per heavy atom. The molecule has 0 bridgehead atoms. The SMILES string of the molecule is COc1ccc2c(c1)sc1c3ccc(OC)cc3sc21. The molecule has 2 aromatic heterocycles. The zero-order chi connectivity index (χ0) is 13.7. The molecular formula is C16H12O2S2. The standard InChI is InChI=1S/C16H12O2S2/c1-17-9-3-5-11-13(7-9)19-16-12-6-4-10(18-2)8-14(12)20-15(11)16/h3-8H,1-2H3. The van der Waals surface area contributed by atoms with Crippen molar-refractivity contribution in [1.82, 2.24) is 0 Å². The molecule has 0 aliphatic rings. The van der Waals surface area contributed by atoms with Crippen molar-refractivity contribution in [3.05, 3.63) is 36.4 Å². The van der Waals surface area contributed by atoms with E-state index < -0.39 is 0 Å². The van der Waals surface area contributed by atoms with E-state index in [0.29, 0.717) is 0 Å². The molecule has 4 rings (SSSR count). The molecule has 0 aliphatic carbocycles. The summed E-state index contributed by atoms with van der Waals surface area (Å²) in [5.41, 5.74) is 0. The number of fused-ring (bicyclic) bond motifs is 5. The predicted octanol–water partition coefficient (Wildman–Crippen LogP) is 5.29. The molecule has 0 spiro atoms. The Bertz CT molecular complexity index is 856. The van der Waals surface area contributed by atoms with Gasteiger partial charge in [-0.1, -0.05) is 0 Å². The first-order valence-corrected chi connectivity index (χ1v) is 7.90. The summed E-state index contributed by atoms with van der Waals surface area (Å²) in [5, 5.41) is 2.62. The van der Waals surface area contributed by atoms with E-state index in [9.17, 15) is 0 Å². The zero-order valence-corrected chi connectivity index (χ0v) is 12.7. The van der Waals surface area contributed by atoms with Crippen molar-refractivity contribution in [3.63, 3.8) is 0 Å². The lowest BCUT2D eigenvalue weighted by Gasteiger charge is -1.99. The van der Waals surface area contributed by atoms with Gasteiger partial charge in [0.2, 0.25) is 0 Å². The minimum Gasteiger partial charge on any atom is -0.497 e. The summed E-state index contributed by atoms with van der Waals surface area (Å²) in [4.78, 5) is 0. The van der Waals surface area contributed by atoms with E-state index in [2.05, 4.69) is 24.3 Å². The highest BCUT2D eigenvalue weighted by Gasteiger charge is 2.12. The second-order valence-corrected chi connectivity index (χ2v) is 6.69. The Labute approximate surface area is 124 Å². The summed E-state index contributed by atoms with van der Waals surface area (Å²) in [6.07, 6.45) is 0.